The topological polar surface area (TPSA) is 33.1 Å². The molecule has 0 spiro atoms. The molecular weight excluding hydrogens is 234 g/mol. The lowest BCUT2D eigenvalue weighted by molar-refractivity contribution is 0.389. The molecule has 1 aromatic heterocycles. The summed E-state index contributed by atoms with van der Waals surface area (Å²) in [4.78, 5) is 4.49. The Hall–Kier alpha value is -1.28. The number of fused-ring (bicyclic) bond motifs is 1. The molecule has 1 heterocycles. The molecule has 0 aliphatic carbocycles. The van der Waals surface area contributed by atoms with Gasteiger partial charge in [-0.1, -0.05) is 38.4 Å². The van der Waals surface area contributed by atoms with Crippen molar-refractivity contribution < 1.29 is 5.11 Å². The molecule has 0 amide bonds. The van der Waals surface area contributed by atoms with Gasteiger partial charge in [0.15, 0.2) is 0 Å². The van der Waals surface area contributed by atoms with Gasteiger partial charge in [0.05, 0.1) is 11.2 Å². The van der Waals surface area contributed by atoms with Crippen LogP contribution in [0, 0.1) is 5.41 Å². The summed E-state index contributed by atoms with van der Waals surface area (Å²) in [6.45, 7) is 6.36. The van der Waals surface area contributed by atoms with Crippen LogP contribution < -0.4 is 0 Å². The van der Waals surface area contributed by atoms with Gasteiger partial charge in [-0.05, 0) is 30.0 Å². The average molecular weight is 250 g/mol. The molecule has 0 aliphatic rings. The quantitative estimate of drug-likeness (QED) is 0.822. The monoisotopic (exact) mass is 249 g/mol. The second kappa shape index (κ2) is 4.19. The first-order valence-electron chi connectivity index (χ1n) is 5.63. The summed E-state index contributed by atoms with van der Waals surface area (Å²) in [7, 11) is 0. The van der Waals surface area contributed by atoms with E-state index in [0.29, 0.717) is 5.02 Å². The molecule has 0 fully saturated rings. The third kappa shape index (κ3) is 2.89. The van der Waals surface area contributed by atoms with Crippen molar-refractivity contribution in [3.8, 4) is 5.75 Å². The first-order valence-corrected chi connectivity index (χ1v) is 6.01. The average Bonchev–Trinajstić information content (AvgIpc) is 2.17. The molecule has 3 heteroatoms. The number of pyridine rings is 1. The van der Waals surface area contributed by atoms with Gasteiger partial charge in [-0.2, -0.15) is 0 Å². The molecule has 2 rings (SSSR count). The summed E-state index contributed by atoms with van der Waals surface area (Å²) in [5.41, 5.74) is 1.65. The van der Waals surface area contributed by atoms with Gasteiger partial charge in [0.2, 0.25) is 0 Å². The number of benzene rings is 1. The summed E-state index contributed by atoms with van der Waals surface area (Å²) in [6, 6.07) is 7.24. The van der Waals surface area contributed by atoms with Gasteiger partial charge in [-0.15, -0.1) is 0 Å². The first kappa shape index (κ1) is 12.2. The van der Waals surface area contributed by atoms with Crippen molar-refractivity contribution in [2.45, 2.75) is 27.2 Å². The van der Waals surface area contributed by atoms with Crippen molar-refractivity contribution in [1.29, 1.82) is 0 Å². The maximum atomic E-state index is 9.95. The fourth-order valence-electron chi connectivity index (χ4n) is 1.80. The summed E-state index contributed by atoms with van der Waals surface area (Å²) in [5, 5.41) is 11.5. The molecule has 17 heavy (non-hydrogen) atoms. The highest BCUT2D eigenvalue weighted by molar-refractivity contribution is 6.31. The van der Waals surface area contributed by atoms with Gasteiger partial charge in [-0.3, -0.25) is 0 Å². The zero-order valence-corrected chi connectivity index (χ0v) is 11.0. The van der Waals surface area contributed by atoms with E-state index >= 15 is 0 Å². The van der Waals surface area contributed by atoms with E-state index in [9.17, 15) is 5.11 Å². The Labute approximate surface area is 106 Å². The van der Waals surface area contributed by atoms with Crippen LogP contribution in [0.3, 0.4) is 0 Å². The van der Waals surface area contributed by atoms with Crippen molar-refractivity contribution in [3.05, 3.63) is 35.0 Å². The minimum Gasteiger partial charge on any atom is -0.506 e. The Morgan fingerprint density at radius 2 is 1.94 bits per heavy atom. The SMILES string of the molecule is CC(C)(C)Cc1nc2cc(Cl)ccc2cc1O. The van der Waals surface area contributed by atoms with E-state index in [1.54, 1.807) is 12.1 Å². The van der Waals surface area contributed by atoms with Gasteiger partial charge < -0.3 is 5.11 Å². The molecule has 0 aliphatic heterocycles. The van der Waals surface area contributed by atoms with Crippen molar-refractivity contribution in [3.63, 3.8) is 0 Å². The van der Waals surface area contributed by atoms with Crippen LogP contribution in [-0.4, -0.2) is 10.1 Å². The molecule has 0 radical (unpaired) electrons. The first-order chi connectivity index (χ1) is 7.85. The molecule has 2 aromatic rings. The largest absolute Gasteiger partial charge is 0.506 e. The molecule has 0 unspecified atom stereocenters. The van der Waals surface area contributed by atoms with E-state index in [1.165, 1.54) is 0 Å². The van der Waals surface area contributed by atoms with Crippen LogP contribution in [0.1, 0.15) is 26.5 Å². The predicted octanol–water partition coefficient (Wildman–Crippen LogP) is 4.18. The zero-order chi connectivity index (χ0) is 12.6. The fraction of sp³-hybridized carbons (Fsp3) is 0.357. The van der Waals surface area contributed by atoms with Crippen LogP contribution in [0.25, 0.3) is 10.9 Å². The number of hydrogen-bond donors (Lipinski definition) is 1. The van der Waals surface area contributed by atoms with E-state index in [1.807, 2.05) is 12.1 Å². The van der Waals surface area contributed by atoms with Gasteiger partial charge in [0, 0.05) is 10.4 Å². The molecule has 0 saturated carbocycles. The van der Waals surface area contributed by atoms with E-state index < -0.39 is 0 Å². The number of halogens is 1. The third-order valence-corrected chi connectivity index (χ3v) is 2.77. The van der Waals surface area contributed by atoms with Gasteiger partial charge in [0.25, 0.3) is 0 Å². The van der Waals surface area contributed by atoms with Gasteiger partial charge in [-0.25, -0.2) is 4.98 Å². The Kier molecular flexibility index (Phi) is 3.00. The van der Waals surface area contributed by atoms with E-state index in [-0.39, 0.29) is 11.2 Å². The van der Waals surface area contributed by atoms with E-state index in [2.05, 4.69) is 25.8 Å². The van der Waals surface area contributed by atoms with Crippen molar-refractivity contribution in [1.82, 2.24) is 4.98 Å². The number of aromatic hydroxyl groups is 1. The minimum absolute atomic E-state index is 0.0940. The van der Waals surface area contributed by atoms with Crippen molar-refractivity contribution in [2.24, 2.45) is 5.41 Å². The smallest absolute Gasteiger partial charge is 0.137 e. The Morgan fingerprint density at radius 1 is 1.24 bits per heavy atom. The van der Waals surface area contributed by atoms with E-state index in [4.69, 9.17) is 11.6 Å². The standard InChI is InChI=1S/C14H16ClNO/c1-14(2,3)8-12-13(17)6-9-4-5-10(15)7-11(9)16-12/h4-7,17H,8H2,1-3H3. The summed E-state index contributed by atoms with van der Waals surface area (Å²) >= 11 is 5.94. The van der Waals surface area contributed by atoms with Crippen LogP contribution in [0.5, 0.6) is 5.75 Å². The lowest BCUT2D eigenvalue weighted by Crippen LogP contribution is -2.10. The fourth-order valence-corrected chi connectivity index (χ4v) is 1.97. The van der Waals surface area contributed by atoms with Crippen LogP contribution in [-0.2, 0) is 6.42 Å². The highest BCUT2D eigenvalue weighted by atomic mass is 35.5. The molecule has 2 nitrogen and oxygen atoms in total. The van der Waals surface area contributed by atoms with Crippen LogP contribution in [0.4, 0.5) is 0 Å². The van der Waals surface area contributed by atoms with Crippen LogP contribution in [0.2, 0.25) is 5.02 Å². The molecule has 0 atom stereocenters. The molecule has 1 N–H and O–H groups in total. The molecule has 0 saturated heterocycles. The van der Waals surface area contributed by atoms with Gasteiger partial charge >= 0.3 is 0 Å². The normalized spacial score (nSPS) is 12.0. The van der Waals surface area contributed by atoms with E-state index in [0.717, 1.165) is 23.0 Å². The summed E-state index contributed by atoms with van der Waals surface area (Å²) in [6.07, 6.45) is 0.737. The molecule has 0 bridgehead atoms. The second-order valence-corrected chi connectivity index (χ2v) is 5.97. The zero-order valence-electron chi connectivity index (χ0n) is 10.3. The Bertz CT molecular complexity index is 558. The predicted molar refractivity (Wildman–Crippen MR) is 71.6 cm³/mol. The van der Waals surface area contributed by atoms with Crippen LogP contribution >= 0.6 is 11.6 Å². The van der Waals surface area contributed by atoms with Crippen molar-refractivity contribution >= 4 is 22.5 Å². The third-order valence-electron chi connectivity index (χ3n) is 2.53. The Morgan fingerprint density at radius 3 is 2.59 bits per heavy atom. The number of nitrogens with zero attached hydrogens (tertiary/aromatic N) is 1. The maximum absolute atomic E-state index is 9.95. The molecular formula is C14H16ClNO. The molecule has 1 aromatic carbocycles. The Balaban J connectivity index is 2.53. The number of hydrogen-bond acceptors (Lipinski definition) is 2. The lowest BCUT2D eigenvalue weighted by Gasteiger charge is -2.18. The number of aromatic nitrogens is 1. The van der Waals surface area contributed by atoms with Crippen LogP contribution in [0.15, 0.2) is 24.3 Å². The molecule has 90 valence electrons. The maximum Gasteiger partial charge on any atom is 0.137 e. The number of rotatable bonds is 1. The highest BCUT2D eigenvalue weighted by Crippen LogP contribution is 2.29. The second-order valence-electron chi connectivity index (χ2n) is 5.53. The van der Waals surface area contributed by atoms with Crippen molar-refractivity contribution in [2.75, 3.05) is 0 Å². The lowest BCUT2D eigenvalue weighted by atomic mass is 9.90. The van der Waals surface area contributed by atoms with Gasteiger partial charge in [0.1, 0.15) is 5.75 Å². The summed E-state index contributed by atoms with van der Waals surface area (Å²) < 4.78 is 0. The highest BCUT2D eigenvalue weighted by Gasteiger charge is 2.16. The summed E-state index contributed by atoms with van der Waals surface area (Å²) in [5.74, 6) is 0.259. The minimum atomic E-state index is 0.0940.